The van der Waals surface area contributed by atoms with E-state index in [9.17, 15) is 14.4 Å². The molecule has 0 heterocycles. The van der Waals surface area contributed by atoms with Gasteiger partial charge in [-0.3, -0.25) is 9.59 Å². The lowest BCUT2D eigenvalue weighted by Gasteiger charge is -2.12. The third-order valence-electron chi connectivity index (χ3n) is 2.94. The zero-order valence-electron chi connectivity index (χ0n) is 12.6. The molecule has 0 saturated carbocycles. The number of rotatable bonds is 7. The molecule has 1 unspecified atom stereocenters. The Morgan fingerprint density at radius 3 is 2.64 bits per heavy atom. The molecule has 0 amide bonds. The molecule has 0 fully saturated rings. The highest BCUT2D eigenvalue weighted by Crippen LogP contribution is 2.20. The van der Waals surface area contributed by atoms with Gasteiger partial charge in [-0.15, -0.1) is 0 Å². The Morgan fingerprint density at radius 2 is 2.09 bits per heavy atom. The van der Waals surface area contributed by atoms with Crippen molar-refractivity contribution in [1.29, 1.82) is 0 Å². The van der Waals surface area contributed by atoms with Crippen molar-refractivity contribution in [3.8, 4) is 5.75 Å². The number of nitrogens with two attached hydrogens (primary N) is 1. The topological polar surface area (TPSA) is 95.7 Å². The van der Waals surface area contributed by atoms with E-state index in [2.05, 4.69) is 6.58 Å². The summed E-state index contributed by atoms with van der Waals surface area (Å²) in [4.78, 5) is 33.8. The maximum Gasteiger partial charge on any atom is 0.333 e. The van der Waals surface area contributed by atoms with Gasteiger partial charge in [0.2, 0.25) is 0 Å². The van der Waals surface area contributed by atoms with Gasteiger partial charge in [-0.2, -0.15) is 0 Å². The first kappa shape index (κ1) is 17.4. The molecule has 6 heteroatoms. The lowest BCUT2D eigenvalue weighted by Crippen LogP contribution is -2.20. The smallest absolute Gasteiger partial charge is 0.333 e. The van der Waals surface area contributed by atoms with Crippen LogP contribution in [0.25, 0.3) is 0 Å². The SMILES string of the molecule is C=C(C)C(=O)OCCC(C)C(=O)Oc1ccc(C=O)c(N)c1. The van der Waals surface area contributed by atoms with Gasteiger partial charge in [0.05, 0.1) is 12.5 Å². The van der Waals surface area contributed by atoms with Crippen LogP contribution < -0.4 is 10.5 Å². The summed E-state index contributed by atoms with van der Waals surface area (Å²) in [5, 5.41) is 0. The van der Waals surface area contributed by atoms with Gasteiger partial charge < -0.3 is 15.2 Å². The first-order chi connectivity index (χ1) is 10.3. The molecule has 0 bridgehead atoms. The average Bonchev–Trinajstić information content (AvgIpc) is 2.46. The van der Waals surface area contributed by atoms with Crippen molar-refractivity contribution in [3.63, 3.8) is 0 Å². The van der Waals surface area contributed by atoms with Crippen LogP contribution in [-0.2, 0) is 14.3 Å². The molecule has 1 aromatic rings. The Morgan fingerprint density at radius 1 is 1.41 bits per heavy atom. The normalized spacial score (nSPS) is 11.4. The molecule has 0 spiro atoms. The van der Waals surface area contributed by atoms with E-state index in [-0.39, 0.29) is 18.0 Å². The number of carbonyl (C=O) groups excluding carboxylic acids is 3. The maximum atomic E-state index is 11.9. The highest BCUT2D eigenvalue weighted by molar-refractivity contribution is 5.87. The average molecular weight is 305 g/mol. The third kappa shape index (κ3) is 5.05. The Labute approximate surface area is 128 Å². The molecule has 1 aromatic carbocycles. The maximum absolute atomic E-state index is 11.9. The summed E-state index contributed by atoms with van der Waals surface area (Å²) in [7, 11) is 0. The van der Waals surface area contributed by atoms with Crippen LogP contribution in [0.1, 0.15) is 30.6 Å². The molecule has 0 aliphatic carbocycles. The molecular formula is C16H19NO5. The van der Waals surface area contributed by atoms with Crippen molar-refractivity contribution >= 4 is 23.9 Å². The van der Waals surface area contributed by atoms with E-state index in [1.165, 1.54) is 18.2 Å². The molecule has 0 aliphatic rings. The minimum atomic E-state index is -0.488. The van der Waals surface area contributed by atoms with Gasteiger partial charge in [-0.25, -0.2) is 4.79 Å². The summed E-state index contributed by atoms with van der Waals surface area (Å²) in [5.74, 6) is -1.15. The molecular weight excluding hydrogens is 286 g/mol. The van der Waals surface area contributed by atoms with E-state index in [0.717, 1.165) is 0 Å². The second-order valence-electron chi connectivity index (χ2n) is 4.94. The van der Waals surface area contributed by atoms with E-state index < -0.39 is 17.9 Å². The highest BCUT2D eigenvalue weighted by Gasteiger charge is 2.16. The monoisotopic (exact) mass is 305 g/mol. The summed E-state index contributed by atoms with van der Waals surface area (Å²) in [6.07, 6.45) is 0.958. The van der Waals surface area contributed by atoms with E-state index in [4.69, 9.17) is 15.2 Å². The van der Waals surface area contributed by atoms with Gasteiger partial charge in [-0.1, -0.05) is 13.5 Å². The van der Waals surface area contributed by atoms with Crippen molar-refractivity contribution in [1.82, 2.24) is 0 Å². The molecule has 1 atom stereocenters. The summed E-state index contributed by atoms with van der Waals surface area (Å²) in [6.45, 7) is 6.78. The minimum Gasteiger partial charge on any atom is -0.462 e. The van der Waals surface area contributed by atoms with Crippen molar-refractivity contribution in [3.05, 3.63) is 35.9 Å². The first-order valence-electron chi connectivity index (χ1n) is 6.74. The zero-order valence-corrected chi connectivity index (χ0v) is 12.6. The van der Waals surface area contributed by atoms with E-state index in [1.807, 2.05) is 0 Å². The Bertz CT molecular complexity index is 594. The van der Waals surface area contributed by atoms with E-state index in [0.29, 0.717) is 23.8 Å². The standard InChI is InChI=1S/C16H19NO5/c1-10(2)15(19)21-7-6-11(3)16(20)22-13-5-4-12(9-18)14(17)8-13/h4-5,8-9,11H,1,6-7,17H2,2-3H3. The molecule has 0 aromatic heterocycles. The number of hydrogen-bond acceptors (Lipinski definition) is 6. The number of nitrogen functional groups attached to an aromatic ring is 1. The Balaban J connectivity index is 2.50. The number of aldehydes is 1. The number of esters is 2. The predicted octanol–water partition coefficient (Wildman–Crippen LogP) is 2.13. The van der Waals surface area contributed by atoms with Crippen molar-refractivity contribution in [2.24, 2.45) is 5.92 Å². The molecule has 0 saturated heterocycles. The van der Waals surface area contributed by atoms with Gasteiger partial charge >= 0.3 is 11.9 Å². The molecule has 2 N–H and O–H groups in total. The molecule has 6 nitrogen and oxygen atoms in total. The van der Waals surface area contributed by atoms with Gasteiger partial charge in [0.1, 0.15) is 5.75 Å². The number of hydrogen-bond donors (Lipinski definition) is 1. The lowest BCUT2D eigenvalue weighted by molar-refractivity contribution is -0.143. The largest absolute Gasteiger partial charge is 0.462 e. The molecule has 1 rings (SSSR count). The summed E-state index contributed by atoms with van der Waals surface area (Å²) >= 11 is 0. The first-order valence-corrected chi connectivity index (χ1v) is 6.74. The highest BCUT2D eigenvalue weighted by atomic mass is 16.5. The van der Waals surface area contributed by atoms with E-state index in [1.54, 1.807) is 13.8 Å². The van der Waals surface area contributed by atoms with Crippen LogP contribution in [0.4, 0.5) is 5.69 Å². The van der Waals surface area contributed by atoms with E-state index >= 15 is 0 Å². The van der Waals surface area contributed by atoms with Crippen LogP contribution in [0.2, 0.25) is 0 Å². The second-order valence-corrected chi connectivity index (χ2v) is 4.94. The zero-order chi connectivity index (χ0) is 16.7. The van der Waals surface area contributed by atoms with Gasteiger partial charge in [0.15, 0.2) is 6.29 Å². The Kier molecular flexibility index (Phi) is 6.31. The number of ether oxygens (including phenoxy) is 2. The number of carbonyl (C=O) groups is 3. The van der Waals surface area contributed by atoms with Crippen LogP contribution in [0.15, 0.2) is 30.4 Å². The van der Waals surface area contributed by atoms with Crippen LogP contribution in [0.5, 0.6) is 5.75 Å². The molecule has 0 aliphatic heterocycles. The van der Waals surface area contributed by atoms with Crippen LogP contribution in [0, 0.1) is 5.92 Å². The van der Waals surface area contributed by atoms with Crippen LogP contribution >= 0.6 is 0 Å². The van der Waals surface area contributed by atoms with Crippen LogP contribution in [-0.4, -0.2) is 24.8 Å². The molecule has 118 valence electrons. The van der Waals surface area contributed by atoms with Crippen molar-refractivity contribution in [2.45, 2.75) is 20.3 Å². The van der Waals surface area contributed by atoms with Gasteiger partial charge in [-0.05, 0) is 25.5 Å². The van der Waals surface area contributed by atoms with Crippen molar-refractivity contribution < 1.29 is 23.9 Å². The lowest BCUT2D eigenvalue weighted by atomic mass is 10.1. The summed E-state index contributed by atoms with van der Waals surface area (Å²) < 4.78 is 10.1. The fraction of sp³-hybridized carbons (Fsp3) is 0.312. The molecule has 0 radical (unpaired) electrons. The van der Waals surface area contributed by atoms with Crippen LogP contribution in [0.3, 0.4) is 0 Å². The Hall–Kier alpha value is -2.63. The quantitative estimate of drug-likeness (QED) is 0.272. The van der Waals surface area contributed by atoms with Crippen molar-refractivity contribution in [2.75, 3.05) is 12.3 Å². The van der Waals surface area contributed by atoms with Gasteiger partial charge in [0, 0.05) is 22.9 Å². The number of benzene rings is 1. The fourth-order valence-corrected chi connectivity index (χ4v) is 1.51. The minimum absolute atomic E-state index is 0.105. The second kappa shape index (κ2) is 7.97. The molecule has 22 heavy (non-hydrogen) atoms. The number of anilines is 1. The van der Waals surface area contributed by atoms with Gasteiger partial charge in [0.25, 0.3) is 0 Å². The third-order valence-corrected chi connectivity index (χ3v) is 2.94. The summed E-state index contributed by atoms with van der Waals surface area (Å²) in [6, 6.07) is 4.38. The summed E-state index contributed by atoms with van der Waals surface area (Å²) in [5.41, 5.74) is 6.52. The fourth-order valence-electron chi connectivity index (χ4n) is 1.51. The predicted molar refractivity (Wildman–Crippen MR) is 81.4 cm³/mol.